The Bertz CT molecular complexity index is 648. The summed E-state index contributed by atoms with van der Waals surface area (Å²) in [5.41, 5.74) is 2.08. The van der Waals surface area contributed by atoms with E-state index in [9.17, 15) is 4.79 Å². The van der Waals surface area contributed by atoms with Crippen molar-refractivity contribution in [2.45, 2.75) is 51.7 Å². The summed E-state index contributed by atoms with van der Waals surface area (Å²) >= 11 is 0. The molecule has 1 aliphatic rings. The number of ether oxygens (including phenoxy) is 1. The van der Waals surface area contributed by atoms with Crippen molar-refractivity contribution < 1.29 is 9.53 Å². The molecule has 0 spiro atoms. The first kappa shape index (κ1) is 13.2. The van der Waals surface area contributed by atoms with Gasteiger partial charge in [-0.2, -0.15) is 0 Å². The van der Waals surface area contributed by atoms with Gasteiger partial charge in [-0.15, -0.1) is 0 Å². The topological polar surface area (TPSA) is 44.1 Å². The van der Waals surface area contributed by atoms with E-state index in [1.807, 2.05) is 39.2 Å². The molecule has 0 radical (unpaired) electrons. The Kier molecular flexibility index (Phi) is 3.04. The highest BCUT2D eigenvalue weighted by Crippen LogP contribution is 2.34. The number of fused-ring (bicyclic) bond motifs is 1. The molecule has 0 aliphatic heterocycles. The van der Waals surface area contributed by atoms with Crippen LogP contribution in [0.3, 0.4) is 0 Å². The lowest BCUT2D eigenvalue weighted by atomic mass is 9.93. The summed E-state index contributed by atoms with van der Waals surface area (Å²) in [6.45, 7) is 5.63. The molecule has 4 heteroatoms. The number of carbonyl (C=O) groups is 1. The van der Waals surface area contributed by atoms with E-state index in [0.717, 1.165) is 11.0 Å². The van der Waals surface area contributed by atoms with Crippen LogP contribution in [0, 0.1) is 0 Å². The molecule has 4 nitrogen and oxygen atoms in total. The first-order valence-corrected chi connectivity index (χ1v) is 7.14. The minimum atomic E-state index is -0.472. The SMILES string of the molecule is CC(C)(C)OC(=O)c1ccc2ncn(C3CCC3)c2c1. The number of esters is 1. The summed E-state index contributed by atoms with van der Waals surface area (Å²) in [7, 11) is 0. The average molecular weight is 272 g/mol. The van der Waals surface area contributed by atoms with E-state index in [4.69, 9.17) is 4.74 Å². The number of hydrogen-bond acceptors (Lipinski definition) is 3. The zero-order chi connectivity index (χ0) is 14.3. The second-order valence-corrected chi connectivity index (χ2v) is 6.44. The van der Waals surface area contributed by atoms with E-state index < -0.39 is 5.60 Å². The maximum absolute atomic E-state index is 12.1. The van der Waals surface area contributed by atoms with Gasteiger partial charge in [0.15, 0.2) is 0 Å². The van der Waals surface area contributed by atoms with E-state index >= 15 is 0 Å². The van der Waals surface area contributed by atoms with Crippen molar-refractivity contribution in [1.82, 2.24) is 9.55 Å². The van der Waals surface area contributed by atoms with Crippen molar-refractivity contribution in [3.63, 3.8) is 0 Å². The molecule has 1 saturated carbocycles. The molecular formula is C16H20N2O2. The number of rotatable bonds is 2. The van der Waals surface area contributed by atoms with Crippen LogP contribution in [0.5, 0.6) is 0 Å². The molecule has 0 amide bonds. The second-order valence-electron chi connectivity index (χ2n) is 6.44. The summed E-state index contributed by atoms with van der Waals surface area (Å²) in [6.07, 6.45) is 5.55. The van der Waals surface area contributed by atoms with E-state index in [-0.39, 0.29) is 5.97 Å². The van der Waals surface area contributed by atoms with Crippen LogP contribution in [-0.2, 0) is 4.74 Å². The lowest BCUT2D eigenvalue weighted by molar-refractivity contribution is 0.00697. The summed E-state index contributed by atoms with van der Waals surface area (Å²) < 4.78 is 7.61. The first-order valence-electron chi connectivity index (χ1n) is 7.14. The van der Waals surface area contributed by atoms with Crippen LogP contribution < -0.4 is 0 Å². The Morgan fingerprint density at radius 3 is 2.70 bits per heavy atom. The minimum absolute atomic E-state index is 0.277. The van der Waals surface area contributed by atoms with Crippen LogP contribution in [0.25, 0.3) is 11.0 Å². The van der Waals surface area contributed by atoms with Gasteiger partial charge in [-0.05, 0) is 58.2 Å². The van der Waals surface area contributed by atoms with Crippen molar-refractivity contribution in [3.8, 4) is 0 Å². The monoisotopic (exact) mass is 272 g/mol. The fourth-order valence-corrected chi connectivity index (χ4v) is 2.45. The van der Waals surface area contributed by atoms with Crippen LogP contribution >= 0.6 is 0 Å². The summed E-state index contributed by atoms with van der Waals surface area (Å²) in [4.78, 5) is 16.5. The number of carbonyl (C=O) groups excluding carboxylic acids is 1. The number of hydrogen-bond donors (Lipinski definition) is 0. The van der Waals surface area contributed by atoms with Gasteiger partial charge >= 0.3 is 5.97 Å². The average Bonchev–Trinajstić information content (AvgIpc) is 2.68. The van der Waals surface area contributed by atoms with E-state index in [2.05, 4.69) is 9.55 Å². The molecule has 1 heterocycles. The van der Waals surface area contributed by atoms with Crippen LogP contribution in [-0.4, -0.2) is 21.1 Å². The normalized spacial score (nSPS) is 16.1. The molecule has 20 heavy (non-hydrogen) atoms. The van der Waals surface area contributed by atoms with E-state index in [0.29, 0.717) is 11.6 Å². The Balaban J connectivity index is 1.94. The molecule has 0 N–H and O–H groups in total. The molecular weight excluding hydrogens is 252 g/mol. The maximum atomic E-state index is 12.1. The molecule has 1 fully saturated rings. The molecule has 0 saturated heterocycles. The fourth-order valence-electron chi connectivity index (χ4n) is 2.45. The van der Waals surface area contributed by atoms with Crippen LogP contribution in [0.15, 0.2) is 24.5 Å². The largest absolute Gasteiger partial charge is 0.456 e. The highest BCUT2D eigenvalue weighted by atomic mass is 16.6. The Morgan fingerprint density at radius 1 is 1.35 bits per heavy atom. The van der Waals surface area contributed by atoms with Gasteiger partial charge in [-0.3, -0.25) is 0 Å². The highest BCUT2D eigenvalue weighted by Gasteiger charge is 2.22. The fraction of sp³-hybridized carbons (Fsp3) is 0.500. The molecule has 3 rings (SSSR count). The van der Waals surface area contributed by atoms with Crippen molar-refractivity contribution in [1.29, 1.82) is 0 Å². The third-order valence-corrected chi connectivity index (χ3v) is 3.68. The summed E-state index contributed by atoms with van der Waals surface area (Å²) in [5.74, 6) is -0.277. The molecule has 2 aromatic rings. The van der Waals surface area contributed by atoms with Crippen molar-refractivity contribution in [2.75, 3.05) is 0 Å². The maximum Gasteiger partial charge on any atom is 0.338 e. The summed E-state index contributed by atoms with van der Waals surface area (Å²) in [5, 5.41) is 0. The van der Waals surface area contributed by atoms with Gasteiger partial charge in [0.2, 0.25) is 0 Å². The smallest absolute Gasteiger partial charge is 0.338 e. The van der Waals surface area contributed by atoms with Gasteiger partial charge in [0.25, 0.3) is 0 Å². The molecule has 106 valence electrons. The lowest BCUT2D eigenvalue weighted by Gasteiger charge is -2.27. The molecule has 1 aromatic carbocycles. The van der Waals surface area contributed by atoms with Crippen molar-refractivity contribution in [3.05, 3.63) is 30.1 Å². The van der Waals surface area contributed by atoms with E-state index in [1.54, 1.807) is 6.07 Å². The van der Waals surface area contributed by atoms with Gasteiger partial charge in [-0.1, -0.05) is 0 Å². The number of nitrogens with zero attached hydrogens (tertiary/aromatic N) is 2. The van der Waals surface area contributed by atoms with Gasteiger partial charge in [0, 0.05) is 6.04 Å². The molecule has 0 unspecified atom stereocenters. The van der Waals surface area contributed by atoms with Gasteiger partial charge < -0.3 is 9.30 Å². The predicted molar refractivity (Wildman–Crippen MR) is 77.8 cm³/mol. The number of benzene rings is 1. The Morgan fingerprint density at radius 2 is 2.10 bits per heavy atom. The third kappa shape index (κ3) is 2.42. The molecule has 1 aromatic heterocycles. The first-order chi connectivity index (χ1) is 9.44. The minimum Gasteiger partial charge on any atom is -0.456 e. The molecule has 0 bridgehead atoms. The van der Waals surface area contributed by atoms with Crippen LogP contribution in [0.4, 0.5) is 0 Å². The third-order valence-electron chi connectivity index (χ3n) is 3.68. The molecule has 0 atom stereocenters. The quantitative estimate of drug-likeness (QED) is 0.783. The standard InChI is InChI=1S/C16H20N2O2/c1-16(2,3)20-15(19)11-7-8-13-14(9-11)18(10-17-13)12-5-4-6-12/h7-10,12H,4-6H2,1-3H3. The number of imidazole rings is 1. The van der Waals surface area contributed by atoms with Gasteiger partial charge in [0.05, 0.1) is 22.9 Å². The summed E-state index contributed by atoms with van der Waals surface area (Å²) in [6, 6.07) is 6.11. The van der Waals surface area contributed by atoms with Crippen LogP contribution in [0.1, 0.15) is 56.4 Å². The van der Waals surface area contributed by atoms with Crippen molar-refractivity contribution >= 4 is 17.0 Å². The Labute approximate surface area is 118 Å². The van der Waals surface area contributed by atoms with Gasteiger partial charge in [0.1, 0.15) is 5.60 Å². The highest BCUT2D eigenvalue weighted by molar-refractivity contribution is 5.93. The van der Waals surface area contributed by atoms with Crippen molar-refractivity contribution in [2.24, 2.45) is 0 Å². The number of aromatic nitrogens is 2. The Hall–Kier alpha value is -1.84. The van der Waals surface area contributed by atoms with Crippen LogP contribution in [0.2, 0.25) is 0 Å². The zero-order valence-electron chi connectivity index (χ0n) is 12.2. The lowest BCUT2D eigenvalue weighted by Crippen LogP contribution is -2.24. The molecule has 1 aliphatic carbocycles. The predicted octanol–water partition coefficient (Wildman–Crippen LogP) is 3.72. The second kappa shape index (κ2) is 4.62. The van der Waals surface area contributed by atoms with E-state index in [1.165, 1.54) is 19.3 Å². The van der Waals surface area contributed by atoms with Gasteiger partial charge in [-0.25, -0.2) is 9.78 Å². The zero-order valence-corrected chi connectivity index (χ0v) is 12.2.